The first-order chi connectivity index (χ1) is 13.5. The van der Waals surface area contributed by atoms with E-state index in [-0.39, 0.29) is 5.91 Å². The van der Waals surface area contributed by atoms with E-state index < -0.39 is 0 Å². The van der Waals surface area contributed by atoms with E-state index in [1.54, 1.807) is 30.5 Å². The molecule has 6 nitrogen and oxygen atoms in total. The standard InChI is InChI=1S/C20H13Br2N3O3/c1-27-17-14(9-12(21)10-15(17)22)19(26)24-13-5-2-4-11(8-13)20-25-18-16(28-20)6-3-7-23-18/h2-10H,1H3,(H,24,26). The second-order valence-corrected chi connectivity index (χ2v) is 7.62. The summed E-state index contributed by atoms with van der Waals surface area (Å²) in [6.07, 6.45) is 1.66. The maximum Gasteiger partial charge on any atom is 0.259 e. The van der Waals surface area contributed by atoms with Crippen molar-refractivity contribution in [3.8, 4) is 17.2 Å². The second-order valence-electron chi connectivity index (χ2n) is 5.85. The molecule has 28 heavy (non-hydrogen) atoms. The third kappa shape index (κ3) is 3.65. The summed E-state index contributed by atoms with van der Waals surface area (Å²) in [5.41, 5.74) is 2.89. The SMILES string of the molecule is COc1c(Br)cc(Br)cc1C(=O)Nc1cccc(-c2nc3ncccc3o2)c1. The average Bonchev–Trinajstić information content (AvgIpc) is 3.12. The Morgan fingerprint density at radius 2 is 2.00 bits per heavy atom. The maximum atomic E-state index is 12.8. The van der Waals surface area contributed by atoms with E-state index in [0.29, 0.717) is 38.6 Å². The van der Waals surface area contributed by atoms with Crippen LogP contribution in [0.1, 0.15) is 10.4 Å². The molecule has 4 rings (SSSR count). The van der Waals surface area contributed by atoms with Crippen molar-refractivity contribution in [1.29, 1.82) is 0 Å². The first kappa shape index (κ1) is 18.6. The van der Waals surface area contributed by atoms with Crippen molar-refractivity contribution < 1.29 is 13.9 Å². The summed E-state index contributed by atoms with van der Waals surface area (Å²) in [5, 5.41) is 2.89. The molecular weight excluding hydrogens is 490 g/mol. The van der Waals surface area contributed by atoms with E-state index in [2.05, 4.69) is 47.1 Å². The van der Waals surface area contributed by atoms with Gasteiger partial charge in [-0.3, -0.25) is 4.79 Å². The number of rotatable bonds is 4. The van der Waals surface area contributed by atoms with Crippen LogP contribution in [0.25, 0.3) is 22.7 Å². The number of fused-ring (bicyclic) bond motifs is 1. The van der Waals surface area contributed by atoms with Gasteiger partial charge in [-0.2, -0.15) is 4.98 Å². The molecule has 0 aliphatic rings. The number of nitrogens with one attached hydrogen (secondary N) is 1. The molecule has 2 aromatic carbocycles. The molecule has 2 aromatic heterocycles. The summed E-state index contributed by atoms with van der Waals surface area (Å²) >= 11 is 6.81. The number of anilines is 1. The van der Waals surface area contributed by atoms with E-state index in [1.807, 2.05) is 24.3 Å². The molecule has 0 saturated carbocycles. The Hall–Kier alpha value is -2.71. The van der Waals surface area contributed by atoms with Crippen LogP contribution in [-0.2, 0) is 0 Å². The molecule has 0 unspecified atom stereocenters. The van der Waals surface area contributed by atoms with Crippen LogP contribution in [0.15, 0.2) is 68.1 Å². The predicted octanol–water partition coefficient (Wildman–Crippen LogP) is 5.68. The van der Waals surface area contributed by atoms with Crippen molar-refractivity contribution in [2.24, 2.45) is 0 Å². The van der Waals surface area contributed by atoms with Gasteiger partial charge in [0.25, 0.3) is 5.91 Å². The Kier molecular flexibility index (Phi) is 5.15. The number of carbonyl (C=O) groups excluding carboxylic acids is 1. The molecule has 0 fully saturated rings. The minimum absolute atomic E-state index is 0.296. The number of methoxy groups -OCH3 is 1. The molecule has 0 aliphatic heterocycles. The number of nitrogens with zero attached hydrogens (tertiary/aromatic N) is 2. The van der Waals surface area contributed by atoms with Crippen molar-refractivity contribution in [2.45, 2.75) is 0 Å². The fourth-order valence-electron chi connectivity index (χ4n) is 2.76. The molecular formula is C20H13Br2N3O3. The van der Waals surface area contributed by atoms with Crippen LogP contribution in [-0.4, -0.2) is 23.0 Å². The monoisotopic (exact) mass is 501 g/mol. The summed E-state index contributed by atoms with van der Waals surface area (Å²) in [4.78, 5) is 21.4. The molecule has 2 heterocycles. The van der Waals surface area contributed by atoms with E-state index in [0.717, 1.165) is 10.0 Å². The summed E-state index contributed by atoms with van der Waals surface area (Å²) in [5.74, 6) is 0.602. The summed E-state index contributed by atoms with van der Waals surface area (Å²) in [6, 6.07) is 14.4. The third-order valence-electron chi connectivity index (χ3n) is 3.99. The molecule has 0 aliphatic carbocycles. The number of benzene rings is 2. The van der Waals surface area contributed by atoms with Crippen molar-refractivity contribution in [3.63, 3.8) is 0 Å². The fourth-order valence-corrected chi connectivity index (χ4v) is 4.14. The highest BCUT2D eigenvalue weighted by molar-refractivity contribution is 9.11. The molecule has 8 heteroatoms. The number of carbonyl (C=O) groups is 1. The van der Waals surface area contributed by atoms with Gasteiger partial charge in [0.05, 0.1) is 17.1 Å². The first-order valence-electron chi connectivity index (χ1n) is 8.21. The Morgan fingerprint density at radius 1 is 1.14 bits per heavy atom. The Bertz CT molecular complexity index is 1160. The topological polar surface area (TPSA) is 77.2 Å². The van der Waals surface area contributed by atoms with Crippen LogP contribution in [0.5, 0.6) is 5.75 Å². The van der Waals surface area contributed by atoms with Gasteiger partial charge in [-0.05, 0) is 58.4 Å². The number of pyridine rings is 1. The number of hydrogen-bond donors (Lipinski definition) is 1. The normalized spacial score (nSPS) is 10.8. The van der Waals surface area contributed by atoms with Gasteiger partial charge in [-0.1, -0.05) is 22.0 Å². The summed E-state index contributed by atoms with van der Waals surface area (Å²) in [6.45, 7) is 0. The number of oxazole rings is 1. The maximum absolute atomic E-state index is 12.8. The van der Waals surface area contributed by atoms with E-state index in [1.165, 1.54) is 7.11 Å². The van der Waals surface area contributed by atoms with Crippen LogP contribution in [0.2, 0.25) is 0 Å². The lowest BCUT2D eigenvalue weighted by molar-refractivity contribution is 0.102. The molecule has 0 spiro atoms. The molecule has 4 aromatic rings. The lowest BCUT2D eigenvalue weighted by Crippen LogP contribution is -2.13. The van der Waals surface area contributed by atoms with Crippen LogP contribution in [0, 0.1) is 0 Å². The Balaban J connectivity index is 1.64. The zero-order valence-corrected chi connectivity index (χ0v) is 17.7. The number of hydrogen-bond acceptors (Lipinski definition) is 5. The van der Waals surface area contributed by atoms with Crippen LogP contribution < -0.4 is 10.1 Å². The number of amides is 1. The second kappa shape index (κ2) is 7.73. The number of ether oxygens (including phenoxy) is 1. The Morgan fingerprint density at radius 3 is 2.79 bits per heavy atom. The number of aromatic nitrogens is 2. The van der Waals surface area contributed by atoms with Crippen molar-refractivity contribution in [2.75, 3.05) is 12.4 Å². The van der Waals surface area contributed by atoms with Gasteiger partial charge in [-0.15, -0.1) is 0 Å². The van der Waals surface area contributed by atoms with Gasteiger partial charge >= 0.3 is 0 Å². The van der Waals surface area contributed by atoms with E-state index in [9.17, 15) is 4.79 Å². The third-order valence-corrected chi connectivity index (χ3v) is 5.04. The average molecular weight is 503 g/mol. The molecule has 140 valence electrons. The van der Waals surface area contributed by atoms with Crippen LogP contribution in [0.3, 0.4) is 0 Å². The van der Waals surface area contributed by atoms with Crippen molar-refractivity contribution in [1.82, 2.24) is 9.97 Å². The zero-order chi connectivity index (χ0) is 19.7. The quantitative estimate of drug-likeness (QED) is 0.388. The molecule has 1 amide bonds. The highest BCUT2D eigenvalue weighted by Gasteiger charge is 2.17. The summed E-state index contributed by atoms with van der Waals surface area (Å²) in [7, 11) is 1.52. The minimum atomic E-state index is -0.296. The van der Waals surface area contributed by atoms with Crippen LogP contribution in [0.4, 0.5) is 5.69 Å². The van der Waals surface area contributed by atoms with Crippen molar-refractivity contribution >= 4 is 54.7 Å². The van der Waals surface area contributed by atoms with Crippen molar-refractivity contribution in [3.05, 3.63) is 69.2 Å². The lowest BCUT2D eigenvalue weighted by atomic mass is 10.1. The van der Waals surface area contributed by atoms with E-state index >= 15 is 0 Å². The minimum Gasteiger partial charge on any atom is -0.495 e. The van der Waals surface area contributed by atoms with Gasteiger partial charge in [-0.25, -0.2) is 4.98 Å². The predicted molar refractivity (Wildman–Crippen MR) is 114 cm³/mol. The Labute approximate surface area is 177 Å². The lowest BCUT2D eigenvalue weighted by Gasteiger charge is -2.12. The number of halogens is 2. The molecule has 0 bridgehead atoms. The largest absolute Gasteiger partial charge is 0.495 e. The van der Waals surface area contributed by atoms with Gasteiger partial charge < -0.3 is 14.5 Å². The zero-order valence-electron chi connectivity index (χ0n) is 14.6. The molecule has 0 radical (unpaired) electrons. The van der Waals surface area contributed by atoms with Crippen LogP contribution >= 0.6 is 31.9 Å². The molecule has 0 atom stereocenters. The highest BCUT2D eigenvalue weighted by atomic mass is 79.9. The highest BCUT2D eigenvalue weighted by Crippen LogP contribution is 2.33. The van der Waals surface area contributed by atoms with Gasteiger partial charge in [0, 0.05) is 21.9 Å². The van der Waals surface area contributed by atoms with Gasteiger partial charge in [0.1, 0.15) is 5.75 Å². The smallest absolute Gasteiger partial charge is 0.259 e. The fraction of sp³-hybridized carbons (Fsp3) is 0.0500. The van der Waals surface area contributed by atoms with E-state index in [4.69, 9.17) is 9.15 Å². The summed E-state index contributed by atoms with van der Waals surface area (Å²) < 4.78 is 12.5. The first-order valence-corrected chi connectivity index (χ1v) is 9.80. The molecule has 1 N–H and O–H groups in total. The molecule has 0 saturated heterocycles. The van der Waals surface area contributed by atoms with Gasteiger partial charge in [0.15, 0.2) is 11.2 Å². The van der Waals surface area contributed by atoms with Gasteiger partial charge in [0.2, 0.25) is 5.89 Å².